The number of benzene rings is 1. The Balaban J connectivity index is 1.49. The van der Waals surface area contributed by atoms with E-state index >= 15 is 0 Å². The number of fused-ring (bicyclic) bond motifs is 1. The summed E-state index contributed by atoms with van der Waals surface area (Å²) in [6, 6.07) is 9.50. The zero-order chi connectivity index (χ0) is 17.1. The van der Waals surface area contributed by atoms with Crippen molar-refractivity contribution in [1.82, 2.24) is 24.8 Å². The first-order chi connectivity index (χ1) is 12.3. The second-order valence-electron chi connectivity index (χ2n) is 5.94. The zero-order valence-electron chi connectivity index (χ0n) is 13.7. The lowest BCUT2D eigenvalue weighted by atomic mass is 10.3. The van der Waals surface area contributed by atoms with Crippen LogP contribution in [-0.2, 0) is 0 Å². The Labute approximate surface area is 145 Å². The van der Waals surface area contributed by atoms with Gasteiger partial charge >= 0.3 is 0 Å². The number of hydrogen-bond acceptors (Lipinski definition) is 6. The van der Waals surface area contributed by atoms with Crippen molar-refractivity contribution >= 4 is 22.8 Å². The van der Waals surface area contributed by atoms with Gasteiger partial charge in [0.2, 0.25) is 0 Å². The molecule has 1 aliphatic heterocycles. The third kappa shape index (κ3) is 3.26. The van der Waals surface area contributed by atoms with Crippen LogP contribution < -0.4 is 4.90 Å². The van der Waals surface area contributed by atoms with Gasteiger partial charge in [-0.25, -0.2) is 15.0 Å². The van der Waals surface area contributed by atoms with E-state index in [0.29, 0.717) is 18.8 Å². The van der Waals surface area contributed by atoms with Crippen LogP contribution in [0.25, 0.3) is 11.0 Å². The molecule has 4 rings (SSSR count). The molecule has 1 aliphatic rings. The molecule has 3 heterocycles. The van der Waals surface area contributed by atoms with Crippen LogP contribution in [0.1, 0.15) is 16.9 Å². The zero-order valence-corrected chi connectivity index (χ0v) is 13.7. The van der Waals surface area contributed by atoms with Crippen molar-refractivity contribution in [1.29, 1.82) is 0 Å². The molecule has 0 atom stereocenters. The van der Waals surface area contributed by atoms with Crippen molar-refractivity contribution in [2.24, 2.45) is 0 Å². The summed E-state index contributed by atoms with van der Waals surface area (Å²) in [6.07, 6.45) is 5.69. The molecule has 3 aromatic rings. The number of anilines is 1. The fraction of sp³-hybridized carbons (Fsp3) is 0.278. The topological polar surface area (TPSA) is 75.1 Å². The van der Waals surface area contributed by atoms with Gasteiger partial charge in [0.1, 0.15) is 17.8 Å². The van der Waals surface area contributed by atoms with Crippen LogP contribution in [0.3, 0.4) is 0 Å². The Morgan fingerprint density at radius 2 is 1.84 bits per heavy atom. The molecule has 1 amide bonds. The first kappa shape index (κ1) is 15.4. The van der Waals surface area contributed by atoms with Crippen molar-refractivity contribution < 1.29 is 4.79 Å². The molecule has 0 bridgehead atoms. The molecule has 0 saturated carbocycles. The molecule has 0 aliphatic carbocycles. The number of aromatic nitrogens is 4. The maximum Gasteiger partial charge on any atom is 0.272 e. The van der Waals surface area contributed by atoms with Crippen molar-refractivity contribution in [2.75, 3.05) is 31.1 Å². The number of rotatable bonds is 2. The predicted molar refractivity (Wildman–Crippen MR) is 94.3 cm³/mol. The second-order valence-corrected chi connectivity index (χ2v) is 5.94. The SMILES string of the molecule is O=C(c1ccncn1)N1CCCN(c2cnc3ccccc3n2)CC1. The smallest absolute Gasteiger partial charge is 0.272 e. The molecular formula is C18H18N6O. The van der Waals surface area contributed by atoms with Crippen LogP contribution in [0.2, 0.25) is 0 Å². The fourth-order valence-electron chi connectivity index (χ4n) is 3.03. The molecule has 7 nitrogen and oxygen atoms in total. The van der Waals surface area contributed by atoms with E-state index in [2.05, 4.69) is 19.9 Å². The summed E-state index contributed by atoms with van der Waals surface area (Å²) in [6.45, 7) is 2.92. The van der Waals surface area contributed by atoms with Crippen LogP contribution >= 0.6 is 0 Å². The van der Waals surface area contributed by atoms with Crippen molar-refractivity contribution in [3.8, 4) is 0 Å². The molecule has 126 valence electrons. The van der Waals surface area contributed by atoms with E-state index in [4.69, 9.17) is 4.98 Å². The van der Waals surface area contributed by atoms with Crippen LogP contribution in [0.5, 0.6) is 0 Å². The first-order valence-corrected chi connectivity index (χ1v) is 8.33. The summed E-state index contributed by atoms with van der Waals surface area (Å²) in [4.78, 5) is 33.7. The predicted octanol–water partition coefficient (Wildman–Crippen LogP) is 1.77. The van der Waals surface area contributed by atoms with Crippen LogP contribution in [0.15, 0.2) is 49.1 Å². The van der Waals surface area contributed by atoms with Crippen molar-refractivity contribution in [3.05, 3.63) is 54.7 Å². The average molecular weight is 334 g/mol. The van der Waals surface area contributed by atoms with Gasteiger partial charge in [-0.05, 0) is 24.6 Å². The van der Waals surface area contributed by atoms with Gasteiger partial charge in [-0.2, -0.15) is 0 Å². The van der Waals surface area contributed by atoms with Gasteiger partial charge in [0.15, 0.2) is 0 Å². The molecule has 1 fully saturated rings. The van der Waals surface area contributed by atoms with Gasteiger partial charge in [0.05, 0.1) is 17.2 Å². The molecule has 0 unspecified atom stereocenters. The lowest BCUT2D eigenvalue weighted by Gasteiger charge is -2.22. The van der Waals surface area contributed by atoms with Crippen LogP contribution in [0.4, 0.5) is 5.82 Å². The number of hydrogen-bond donors (Lipinski definition) is 0. The highest BCUT2D eigenvalue weighted by Crippen LogP contribution is 2.17. The van der Waals surface area contributed by atoms with E-state index in [0.717, 1.165) is 36.4 Å². The lowest BCUT2D eigenvalue weighted by molar-refractivity contribution is 0.0761. The molecule has 1 saturated heterocycles. The van der Waals surface area contributed by atoms with Gasteiger partial charge in [-0.15, -0.1) is 0 Å². The quantitative estimate of drug-likeness (QED) is 0.711. The third-order valence-electron chi connectivity index (χ3n) is 4.34. The number of para-hydroxylation sites is 2. The van der Waals surface area contributed by atoms with Gasteiger partial charge in [0, 0.05) is 32.4 Å². The Hall–Kier alpha value is -3.09. The van der Waals surface area contributed by atoms with E-state index in [1.165, 1.54) is 6.33 Å². The minimum absolute atomic E-state index is 0.0474. The van der Waals surface area contributed by atoms with Gasteiger partial charge in [-0.1, -0.05) is 12.1 Å². The minimum atomic E-state index is -0.0474. The largest absolute Gasteiger partial charge is 0.353 e. The highest BCUT2D eigenvalue weighted by Gasteiger charge is 2.22. The Bertz CT molecular complexity index is 885. The number of amides is 1. The normalized spacial score (nSPS) is 15.2. The molecule has 7 heteroatoms. The van der Waals surface area contributed by atoms with E-state index in [1.807, 2.05) is 35.4 Å². The fourth-order valence-corrected chi connectivity index (χ4v) is 3.03. The summed E-state index contributed by atoms with van der Waals surface area (Å²) in [5, 5.41) is 0. The summed E-state index contributed by atoms with van der Waals surface area (Å²) in [5.41, 5.74) is 2.22. The average Bonchev–Trinajstić information content (AvgIpc) is 2.94. The van der Waals surface area contributed by atoms with E-state index < -0.39 is 0 Å². The van der Waals surface area contributed by atoms with Gasteiger partial charge in [0.25, 0.3) is 5.91 Å². The Morgan fingerprint density at radius 1 is 0.960 bits per heavy atom. The molecule has 0 spiro atoms. The van der Waals surface area contributed by atoms with E-state index in [9.17, 15) is 4.79 Å². The molecule has 2 aromatic heterocycles. The van der Waals surface area contributed by atoms with E-state index in [1.54, 1.807) is 12.3 Å². The van der Waals surface area contributed by atoms with Crippen LogP contribution in [0, 0.1) is 0 Å². The Morgan fingerprint density at radius 3 is 2.68 bits per heavy atom. The number of carbonyl (C=O) groups is 1. The summed E-state index contributed by atoms with van der Waals surface area (Å²) in [5.74, 6) is 0.809. The molecule has 0 radical (unpaired) electrons. The third-order valence-corrected chi connectivity index (χ3v) is 4.34. The highest BCUT2D eigenvalue weighted by molar-refractivity contribution is 5.92. The maximum atomic E-state index is 12.6. The molecule has 1 aromatic carbocycles. The summed E-state index contributed by atoms with van der Waals surface area (Å²) in [7, 11) is 0. The second kappa shape index (κ2) is 6.80. The highest BCUT2D eigenvalue weighted by atomic mass is 16.2. The standard InChI is InChI=1S/C18H18N6O/c25-18(16-6-7-19-13-21-16)24-9-3-8-23(10-11-24)17-12-20-14-4-1-2-5-15(14)22-17/h1-2,4-7,12-13H,3,8-11H2. The van der Waals surface area contributed by atoms with Gasteiger partial charge < -0.3 is 9.80 Å². The van der Waals surface area contributed by atoms with Crippen LogP contribution in [-0.4, -0.2) is 56.9 Å². The molecular weight excluding hydrogens is 316 g/mol. The number of carbonyl (C=O) groups excluding carboxylic acids is 1. The summed E-state index contributed by atoms with van der Waals surface area (Å²) >= 11 is 0. The Kier molecular flexibility index (Phi) is 4.20. The van der Waals surface area contributed by atoms with Crippen molar-refractivity contribution in [3.63, 3.8) is 0 Å². The number of nitrogens with zero attached hydrogens (tertiary/aromatic N) is 6. The monoisotopic (exact) mass is 334 g/mol. The minimum Gasteiger partial charge on any atom is -0.353 e. The van der Waals surface area contributed by atoms with Gasteiger partial charge in [-0.3, -0.25) is 9.78 Å². The molecule has 0 N–H and O–H groups in total. The first-order valence-electron chi connectivity index (χ1n) is 8.33. The summed E-state index contributed by atoms with van der Waals surface area (Å²) < 4.78 is 0. The molecule has 25 heavy (non-hydrogen) atoms. The van der Waals surface area contributed by atoms with Crippen molar-refractivity contribution in [2.45, 2.75) is 6.42 Å². The lowest BCUT2D eigenvalue weighted by Crippen LogP contribution is -2.35. The maximum absolute atomic E-state index is 12.6. The van der Waals surface area contributed by atoms with E-state index in [-0.39, 0.29) is 5.91 Å².